The van der Waals surface area contributed by atoms with Crippen LogP contribution in [0.4, 0.5) is 0 Å². The first-order valence-electron chi connectivity index (χ1n) is 7.31. The summed E-state index contributed by atoms with van der Waals surface area (Å²) >= 11 is 0. The van der Waals surface area contributed by atoms with Crippen molar-refractivity contribution in [1.82, 2.24) is 15.4 Å². The van der Waals surface area contributed by atoms with Gasteiger partial charge in [0.2, 0.25) is 5.91 Å². The summed E-state index contributed by atoms with van der Waals surface area (Å²) < 4.78 is 5.20. The summed E-state index contributed by atoms with van der Waals surface area (Å²) in [4.78, 5) is 14.2. The number of amides is 1. The highest BCUT2D eigenvalue weighted by Crippen LogP contribution is 2.28. The highest BCUT2D eigenvalue weighted by molar-refractivity contribution is 5.76. The number of β-amino-alcohol motifs (C(OH)–C–C–N with tert-alkyl or cyclic N) is 1. The smallest absolute Gasteiger partial charge is 0.222 e. The van der Waals surface area contributed by atoms with E-state index in [4.69, 9.17) is 4.52 Å². The number of piperidine rings is 1. The number of aliphatic hydroxyl groups is 1. The predicted molar refractivity (Wildman–Crippen MR) is 72.0 cm³/mol. The molecule has 2 aliphatic rings. The maximum atomic E-state index is 12.2. The monoisotopic (exact) mass is 279 g/mol. The Hall–Kier alpha value is -1.40. The van der Waals surface area contributed by atoms with E-state index in [1.807, 2.05) is 11.0 Å². The number of nitrogens with one attached hydrogen (secondary N) is 1. The summed E-state index contributed by atoms with van der Waals surface area (Å²) in [5.41, 5.74) is 0. The van der Waals surface area contributed by atoms with Crippen molar-refractivity contribution in [1.29, 1.82) is 0 Å². The second-order valence-corrected chi connectivity index (χ2v) is 5.76. The average Bonchev–Trinajstić information content (AvgIpc) is 3.12. The lowest BCUT2D eigenvalue weighted by Gasteiger charge is -2.31. The van der Waals surface area contributed by atoms with Crippen molar-refractivity contribution in [2.45, 2.75) is 31.3 Å². The Morgan fingerprint density at radius 1 is 1.45 bits per heavy atom. The summed E-state index contributed by atoms with van der Waals surface area (Å²) in [5.74, 6) is 1.52. The largest absolute Gasteiger partial charge is 0.391 e. The molecule has 0 radical (unpaired) electrons. The van der Waals surface area contributed by atoms with Crippen LogP contribution >= 0.6 is 0 Å². The molecule has 2 N–H and O–H groups in total. The molecule has 6 heteroatoms. The second kappa shape index (κ2) is 5.93. The molecule has 0 saturated carbocycles. The minimum atomic E-state index is -0.384. The third-order valence-corrected chi connectivity index (χ3v) is 4.45. The molecule has 3 heterocycles. The van der Waals surface area contributed by atoms with Crippen LogP contribution < -0.4 is 5.32 Å². The van der Waals surface area contributed by atoms with Crippen LogP contribution in [0.2, 0.25) is 0 Å². The lowest BCUT2D eigenvalue weighted by Crippen LogP contribution is -2.39. The molecular formula is C14H21N3O3. The van der Waals surface area contributed by atoms with Gasteiger partial charge in [0.05, 0.1) is 12.3 Å². The van der Waals surface area contributed by atoms with E-state index in [9.17, 15) is 9.90 Å². The SMILES string of the molecule is O=C(C[C@@H]1CNC[C@H]1O)N1CCC(c2ccno2)CC1. The van der Waals surface area contributed by atoms with Crippen molar-refractivity contribution in [2.75, 3.05) is 26.2 Å². The number of hydrogen-bond acceptors (Lipinski definition) is 5. The van der Waals surface area contributed by atoms with Crippen molar-refractivity contribution in [3.63, 3.8) is 0 Å². The van der Waals surface area contributed by atoms with Crippen LogP contribution in [0.1, 0.15) is 30.9 Å². The van der Waals surface area contributed by atoms with Gasteiger partial charge in [-0.15, -0.1) is 0 Å². The Bertz CT molecular complexity index is 441. The molecule has 2 aliphatic heterocycles. The van der Waals surface area contributed by atoms with Crippen LogP contribution in [-0.4, -0.2) is 53.4 Å². The van der Waals surface area contributed by atoms with Gasteiger partial charge in [0.1, 0.15) is 5.76 Å². The first kappa shape index (κ1) is 13.6. The molecule has 2 fully saturated rings. The predicted octanol–water partition coefficient (Wildman–Crippen LogP) is 0.351. The van der Waals surface area contributed by atoms with E-state index in [1.165, 1.54) is 0 Å². The molecule has 20 heavy (non-hydrogen) atoms. The van der Waals surface area contributed by atoms with E-state index in [0.717, 1.165) is 38.2 Å². The lowest BCUT2D eigenvalue weighted by atomic mass is 9.93. The normalized spacial score (nSPS) is 27.9. The number of likely N-dealkylation sites (tertiary alicyclic amines) is 1. The molecule has 2 atom stereocenters. The van der Waals surface area contributed by atoms with Crippen molar-refractivity contribution in [3.05, 3.63) is 18.0 Å². The number of carbonyl (C=O) groups is 1. The van der Waals surface area contributed by atoms with E-state index in [0.29, 0.717) is 18.9 Å². The average molecular weight is 279 g/mol. The summed E-state index contributed by atoms with van der Waals surface area (Å²) in [6.07, 6.45) is 3.58. The van der Waals surface area contributed by atoms with Crippen molar-refractivity contribution < 1.29 is 14.4 Å². The molecule has 0 aliphatic carbocycles. The van der Waals surface area contributed by atoms with Gasteiger partial charge in [-0.1, -0.05) is 5.16 Å². The van der Waals surface area contributed by atoms with Crippen LogP contribution in [0.5, 0.6) is 0 Å². The number of aliphatic hydroxyl groups excluding tert-OH is 1. The maximum Gasteiger partial charge on any atom is 0.222 e. The van der Waals surface area contributed by atoms with E-state index in [1.54, 1.807) is 6.20 Å². The van der Waals surface area contributed by atoms with Crippen molar-refractivity contribution >= 4 is 5.91 Å². The standard InChI is InChI=1S/C14H21N3O3/c18-12-9-15-8-11(12)7-14(19)17-5-2-10(3-6-17)13-1-4-16-20-13/h1,4,10-12,15,18H,2-3,5-9H2/t11-,12-/m1/s1. The van der Waals surface area contributed by atoms with E-state index in [-0.39, 0.29) is 17.9 Å². The van der Waals surface area contributed by atoms with Crippen LogP contribution in [0.15, 0.2) is 16.8 Å². The maximum absolute atomic E-state index is 12.2. The molecule has 1 aromatic rings. The molecule has 3 rings (SSSR count). The topological polar surface area (TPSA) is 78.6 Å². The lowest BCUT2D eigenvalue weighted by molar-refractivity contribution is -0.133. The first-order valence-corrected chi connectivity index (χ1v) is 7.31. The van der Waals surface area contributed by atoms with Gasteiger partial charge in [0.25, 0.3) is 0 Å². The third-order valence-electron chi connectivity index (χ3n) is 4.45. The fourth-order valence-corrected chi connectivity index (χ4v) is 3.13. The molecule has 6 nitrogen and oxygen atoms in total. The zero-order valence-electron chi connectivity index (χ0n) is 11.5. The minimum Gasteiger partial charge on any atom is -0.391 e. The number of nitrogens with zero attached hydrogens (tertiary/aromatic N) is 2. The fourth-order valence-electron chi connectivity index (χ4n) is 3.13. The van der Waals surface area contributed by atoms with E-state index >= 15 is 0 Å². The fraction of sp³-hybridized carbons (Fsp3) is 0.714. The molecule has 2 saturated heterocycles. The number of aromatic nitrogens is 1. The van der Waals surface area contributed by atoms with Crippen LogP contribution in [0, 0.1) is 5.92 Å². The van der Waals surface area contributed by atoms with E-state index < -0.39 is 0 Å². The summed E-state index contributed by atoms with van der Waals surface area (Å²) in [6, 6.07) is 1.91. The first-order chi connectivity index (χ1) is 9.74. The third kappa shape index (κ3) is 2.86. The summed E-state index contributed by atoms with van der Waals surface area (Å²) in [7, 11) is 0. The molecule has 110 valence electrons. The zero-order chi connectivity index (χ0) is 13.9. The highest BCUT2D eigenvalue weighted by atomic mass is 16.5. The Morgan fingerprint density at radius 3 is 2.85 bits per heavy atom. The Kier molecular flexibility index (Phi) is 4.03. The second-order valence-electron chi connectivity index (χ2n) is 5.76. The van der Waals surface area contributed by atoms with Crippen molar-refractivity contribution in [2.24, 2.45) is 5.92 Å². The van der Waals surface area contributed by atoms with Crippen LogP contribution in [0.3, 0.4) is 0 Å². The quantitative estimate of drug-likeness (QED) is 0.835. The van der Waals surface area contributed by atoms with Gasteiger partial charge in [-0.2, -0.15) is 0 Å². The summed E-state index contributed by atoms with van der Waals surface area (Å²) in [5, 5.41) is 16.6. The van der Waals surface area contributed by atoms with Gasteiger partial charge in [-0.05, 0) is 12.8 Å². The Morgan fingerprint density at radius 2 is 2.25 bits per heavy atom. The van der Waals surface area contributed by atoms with Gasteiger partial charge in [-0.25, -0.2) is 0 Å². The molecule has 0 spiro atoms. The van der Waals surface area contributed by atoms with Gasteiger partial charge >= 0.3 is 0 Å². The van der Waals surface area contributed by atoms with Crippen molar-refractivity contribution in [3.8, 4) is 0 Å². The minimum absolute atomic E-state index is 0.0643. The van der Waals surface area contributed by atoms with Crippen LogP contribution in [-0.2, 0) is 4.79 Å². The zero-order valence-corrected chi connectivity index (χ0v) is 11.5. The molecule has 1 aromatic heterocycles. The van der Waals surface area contributed by atoms with Crippen LogP contribution in [0.25, 0.3) is 0 Å². The molecule has 0 aromatic carbocycles. The van der Waals surface area contributed by atoms with Gasteiger partial charge in [-0.3, -0.25) is 4.79 Å². The molecule has 1 amide bonds. The molecule has 0 unspecified atom stereocenters. The van der Waals surface area contributed by atoms with Gasteiger partial charge < -0.3 is 19.8 Å². The molecule has 0 bridgehead atoms. The van der Waals surface area contributed by atoms with Gasteiger partial charge in [0, 0.05) is 50.5 Å². The number of hydrogen-bond donors (Lipinski definition) is 2. The van der Waals surface area contributed by atoms with E-state index in [2.05, 4.69) is 10.5 Å². The number of rotatable bonds is 3. The molecular weight excluding hydrogens is 258 g/mol. The number of carbonyl (C=O) groups excluding carboxylic acids is 1. The van der Waals surface area contributed by atoms with Gasteiger partial charge in [0.15, 0.2) is 0 Å². The Balaban J connectivity index is 1.49. The summed E-state index contributed by atoms with van der Waals surface area (Å²) in [6.45, 7) is 2.87. The Labute approximate surface area is 118 Å². The highest BCUT2D eigenvalue weighted by Gasteiger charge is 2.31.